The number of carbonyl (C=O) groups is 1. The summed E-state index contributed by atoms with van der Waals surface area (Å²) >= 11 is 0. The van der Waals surface area contributed by atoms with Crippen LogP contribution in [0.4, 0.5) is 0 Å². The fraction of sp³-hybridized carbons (Fsp3) is 0.133. The molecule has 0 heterocycles. The summed E-state index contributed by atoms with van der Waals surface area (Å²) in [4.78, 5) is 11.4. The SMILES string of the molecule is C=Cc1cc(CNC(=O)CS(=O)(=O)O)cc2ccccc12. The van der Waals surface area contributed by atoms with Gasteiger partial charge in [-0.2, -0.15) is 8.42 Å². The van der Waals surface area contributed by atoms with Crippen molar-refractivity contribution in [3.63, 3.8) is 0 Å². The Hall–Kier alpha value is -2.18. The number of nitrogens with one attached hydrogen (secondary N) is 1. The highest BCUT2D eigenvalue weighted by molar-refractivity contribution is 7.86. The van der Waals surface area contributed by atoms with E-state index in [9.17, 15) is 13.2 Å². The quantitative estimate of drug-likeness (QED) is 0.827. The Morgan fingerprint density at radius 3 is 2.67 bits per heavy atom. The van der Waals surface area contributed by atoms with Crippen molar-refractivity contribution in [1.82, 2.24) is 5.32 Å². The normalized spacial score (nSPS) is 11.3. The molecule has 5 nitrogen and oxygen atoms in total. The number of hydrogen-bond donors (Lipinski definition) is 2. The van der Waals surface area contributed by atoms with E-state index in [4.69, 9.17) is 4.55 Å². The lowest BCUT2D eigenvalue weighted by Crippen LogP contribution is -2.29. The molecule has 0 radical (unpaired) electrons. The van der Waals surface area contributed by atoms with E-state index in [2.05, 4.69) is 11.9 Å². The Morgan fingerprint density at radius 1 is 1.29 bits per heavy atom. The maximum atomic E-state index is 11.4. The van der Waals surface area contributed by atoms with Crippen molar-refractivity contribution < 1.29 is 17.8 Å². The van der Waals surface area contributed by atoms with Crippen LogP contribution in [-0.2, 0) is 21.5 Å². The van der Waals surface area contributed by atoms with E-state index < -0.39 is 21.8 Å². The lowest BCUT2D eigenvalue weighted by molar-refractivity contribution is -0.118. The average Bonchev–Trinajstić information content (AvgIpc) is 2.42. The molecule has 0 unspecified atom stereocenters. The van der Waals surface area contributed by atoms with Gasteiger partial charge in [0.25, 0.3) is 10.1 Å². The number of fused-ring (bicyclic) bond motifs is 1. The minimum atomic E-state index is -4.30. The molecule has 21 heavy (non-hydrogen) atoms. The zero-order valence-corrected chi connectivity index (χ0v) is 12.1. The summed E-state index contributed by atoms with van der Waals surface area (Å²) in [6, 6.07) is 11.6. The van der Waals surface area contributed by atoms with Gasteiger partial charge in [0, 0.05) is 6.54 Å². The van der Waals surface area contributed by atoms with E-state index in [1.807, 2.05) is 36.4 Å². The third-order valence-electron chi connectivity index (χ3n) is 2.98. The minimum absolute atomic E-state index is 0.181. The second-order valence-corrected chi connectivity index (χ2v) is 6.07. The van der Waals surface area contributed by atoms with Crippen molar-refractivity contribution in [3.05, 3.63) is 54.1 Å². The molecule has 0 atom stereocenters. The Balaban J connectivity index is 2.19. The first kappa shape index (κ1) is 15.2. The zero-order chi connectivity index (χ0) is 15.5. The van der Waals surface area contributed by atoms with Crippen molar-refractivity contribution in [2.75, 3.05) is 5.75 Å². The van der Waals surface area contributed by atoms with Crippen LogP contribution in [0.3, 0.4) is 0 Å². The molecule has 0 aromatic heterocycles. The number of benzene rings is 2. The first-order valence-corrected chi connectivity index (χ1v) is 7.86. The third kappa shape index (κ3) is 4.14. The van der Waals surface area contributed by atoms with Gasteiger partial charge in [0.05, 0.1) is 0 Å². The molecule has 0 aliphatic rings. The topological polar surface area (TPSA) is 83.5 Å². The van der Waals surface area contributed by atoms with Crippen LogP contribution < -0.4 is 5.32 Å². The van der Waals surface area contributed by atoms with Gasteiger partial charge in [-0.15, -0.1) is 0 Å². The highest BCUT2D eigenvalue weighted by Gasteiger charge is 2.12. The number of amides is 1. The van der Waals surface area contributed by atoms with Crippen LogP contribution >= 0.6 is 0 Å². The standard InChI is InChI=1S/C15H15NO4S/c1-2-12-7-11(8-13-5-3-4-6-14(12)13)9-16-15(17)10-21(18,19)20/h2-8H,1,9-10H2,(H,16,17)(H,18,19,20). The predicted molar refractivity (Wildman–Crippen MR) is 82.3 cm³/mol. The van der Waals surface area contributed by atoms with Crippen LogP contribution in [0.1, 0.15) is 11.1 Å². The van der Waals surface area contributed by atoms with Crippen molar-refractivity contribution in [2.24, 2.45) is 0 Å². The molecule has 6 heteroatoms. The first-order valence-electron chi connectivity index (χ1n) is 6.25. The molecule has 0 bridgehead atoms. The Kier molecular flexibility index (Phi) is 4.40. The predicted octanol–water partition coefficient (Wildman–Crippen LogP) is 1.99. The van der Waals surface area contributed by atoms with Gasteiger partial charge >= 0.3 is 0 Å². The molecule has 2 rings (SSSR count). The smallest absolute Gasteiger partial charge is 0.274 e. The van der Waals surface area contributed by atoms with Crippen LogP contribution in [0.2, 0.25) is 0 Å². The second kappa shape index (κ2) is 6.07. The minimum Gasteiger partial charge on any atom is -0.351 e. The molecular formula is C15H15NO4S. The summed E-state index contributed by atoms with van der Waals surface area (Å²) in [5.74, 6) is -1.68. The molecule has 2 aromatic carbocycles. The van der Waals surface area contributed by atoms with Crippen LogP contribution in [-0.4, -0.2) is 24.6 Å². The van der Waals surface area contributed by atoms with Gasteiger partial charge in [-0.1, -0.05) is 36.9 Å². The van der Waals surface area contributed by atoms with Crippen molar-refractivity contribution in [2.45, 2.75) is 6.54 Å². The van der Waals surface area contributed by atoms with Crippen LogP contribution in [0.25, 0.3) is 16.8 Å². The van der Waals surface area contributed by atoms with E-state index >= 15 is 0 Å². The molecule has 0 saturated heterocycles. The lowest BCUT2D eigenvalue weighted by Gasteiger charge is -2.09. The molecule has 2 aromatic rings. The first-order chi connectivity index (χ1) is 9.89. The molecule has 110 valence electrons. The molecule has 0 spiro atoms. The van der Waals surface area contributed by atoms with E-state index in [0.717, 1.165) is 21.9 Å². The zero-order valence-electron chi connectivity index (χ0n) is 11.2. The molecule has 0 aliphatic heterocycles. The van der Waals surface area contributed by atoms with Crippen LogP contribution in [0.5, 0.6) is 0 Å². The van der Waals surface area contributed by atoms with Crippen LogP contribution in [0, 0.1) is 0 Å². The largest absolute Gasteiger partial charge is 0.351 e. The van der Waals surface area contributed by atoms with Crippen molar-refractivity contribution >= 4 is 32.9 Å². The lowest BCUT2D eigenvalue weighted by atomic mass is 10.0. The average molecular weight is 305 g/mol. The highest BCUT2D eigenvalue weighted by Crippen LogP contribution is 2.22. The molecule has 2 N–H and O–H groups in total. The number of rotatable bonds is 5. The van der Waals surface area contributed by atoms with Gasteiger partial charge < -0.3 is 5.32 Å². The fourth-order valence-corrected chi connectivity index (χ4v) is 2.53. The highest BCUT2D eigenvalue weighted by atomic mass is 32.2. The van der Waals surface area contributed by atoms with Crippen molar-refractivity contribution in [3.8, 4) is 0 Å². The van der Waals surface area contributed by atoms with Gasteiger partial charge in [-0.05, 0) is 34.0 Å². The van der Waals surface area contributed by atoms with E-state index in [1.54, 1.807) is 6.08 Å². The van der Waals surface area contributed by atoms with Gasteiger partial charge in [0.2, 0.25) is 5.91 Å². The van der Waals surface area contributed by atoms with Crippen molar-refractivity contribution in [1.29, 1.82) is 0 Å². The Morgan fingerprint density at radius 2 is 2.00 bits per heavy atom. The molecule has 1 amide bonds. The number of carbonyl (C=O) groups excluding carboxylic acids is 1. The third-order valence-corrected chi connectivity index (χ3v) is 3.60. The fourth-order valence-electron chi connectivity index (χ4n) is 2.09. The summed E-state index contributed by atoms with van der Waals surface area (Å²) in [5, 5.41) is 4.52. The van der Waals surface area contributed by atoms with E-state index in [1.165, 1.54) is 0 Å². The van der Waals surface area contributed by atoms with E-state index in [-0.39, 0.29) is 6.54 Å². The summed E-state index contributed by atoms with van der Waals surface area (Å²) in [6.07, 6.45) is 1.73. The summed E-state index contributed by atoms with van der Waals surface area (Å²) in [6.45, 7) is 3.95. The van der Waals surface area contributed by atoms with Gasteiger partial charge in [-0.25, -0.2) is 0 Å². The molecule has 0 saturated carbocycles. The van der Waals surface area contributed by atoms with Gasteiger partial charge in [0.1, 0.15) is 0 Å². The maximum absolute atomic E-state index is 11.4. The molecule has 0 aliphatic carbocycles. The maximum Gasteiger partial charge on any atom is 0.274 e. The monoisotopic (exact) mass is 305 g/mol. The molecular weight excluding hydrogens is 290 g/mol. The summed E-state index contributed by atoms with van der Waals surface area (Å²) < 4.78 is 29.8. The van der Waals surface area contributed by atoms with E-state index in [0.29, 0.717) is 0 Å². The summed E-state index contributed by atoms with van der Waals surface area (Å²) in [5.41, 5.74) is 1.76. The van der Waals surface area contributed by atoms with Gasteiger partial charge in [0.15, 0.2) is 5.75 Å². The van der Waals surface area contributed by atoms with Crippen LogP contribution in [0.15, 0.2) is 43.0 Å². The van der Waals surface area contributed by atoms with Gasteiger partial charge in [-0.3, -0.25) is 9.35 Å². The Bertz CT molecular complexity index is 796. The molecule has 0 fully saturated rings. The summed E-state index contributed by atoms with van der Waals surface area (Å²) in [7, 11) is -4.30. The number of hydrogen-bond acceptors (Lipinski definition) is 3. The second-order valence-electron chi connectivity index (χ2n) is 4.61. The Labute approximate surface area is 123 Å².